The van der Waals surface area contributed by atoms with E-state index in [0.717, 1.165) is 59.9 Å². The molecule has 2 bridgehead atoms. The monoisotopic (exact) mass is 795 g/mol. The Morgan fingerprint density at radius 1 is 0.864 bits per heavy atom. The van der Waals surface area contributed by atoms with Crippen molar-refractivity contribution in [1.82, 2.24) is 4.90 Å². The molecule has 0 aliphatic heterocycles. The number of hydrogen-bond donors (Lipinski definition) is 2. The van der Waals surface area contributed by atoms with Crippen molar-refractivity contribution in [3.05, 3.63) is 143 Å². The molecule has 2 saturated carbocycles. The van der Waals surface area contributed by atoms with Crippen LogP contribution in [-0.2, 0) is 17.7 Å². The number of ether oxygens (including phenoxy) is 1. The minimum absolute atomic E-state index is 0.0627. The molecule has 6 nitrogen and oxygen atoms in total. The molecule has 0 radical (unpaired) electrons. The molecular formula is C53H65NO5. The fourth-order valence-electron chi connectivity index (χ4n) is 10.6. The molecule has 59 heavy (non-hydrogen) atoms. The molecule has 2 fully saturated rings. The number of allylic oxidation sites excluding steroid dienone is 2. The smallest absolute Gasteiger partial charge is 0.410 e. The van der Waals surface area contributed by atoms with Gasteiger partial charge in [0.1, 0.15) is 6.10 Å². The quantitative estimate of drug-likeness (QED) is 0.130. The van der Waals surface area contributed by atoms with Crippen LogP contribution in [0.3, 0.4) is 0 Å². The van der Waals surface area contributed by atoms with Crippen LogP contribution in [0.5, 0.6) is 0 Å². The van der Waals surface area contributed by atoms with Crippen molar-refractivity contribution in [2.45, 2.75) is 129 Å². The van der Waals surface area contributed by atoms with Gasteiger partial charge < -0.3 is 19.8 Å². The maximum absolute atomic E-state index is 14.8. The van der Waals surface area contributed by atoms with Crippen molar-refractivity contribution in [1.29, 1.82) is 0 Å². The van der Waals surface area contributed by atoms with Crippen LogP contribution in [0.15, 0.2) is 115 Å². The first-order chi connectivity index (χ1) is 28.3. The number of amides is 1. The lowest BCUT2D eigenvalue weighted by molar-refractivity contribution is -0.0876. The zero-order valence-corrected chi connectivity index (χ0v) is 35.9. The van der Waals surface area contributed by atoms with Gasteiger partial charge in [-0.2, -0.15) is 0 Å². The van der Waals surface area contributed by atoms with E-state index in [1.165, 1.54) is 5.57 Å². The summed E-state index contributed by atoms with van der Waals surface area (Å²) in [4.78, 5) is 31.1. The van der Waals surface area contributed by atoms with Gasteiger partial charge >= 0.3 is 6.09 Å². The Hall–Kier alpha value is -4.52. The second kappa shape index (κ2) is 18.4. The molecule has 0 aromatic heterocycles. The summed E-state index contributed by atoms with van der Waals surface area (Å²) in [5.41, 5.74) is 5.45. The third-order valence-corrected chi connectivity index (χ3v) is 14.3. The second-order valence-electron chi connectivity index (χ2n) is 18.8. The lowest BCUT2D eigenvalue weighted by atomic mass is 9.64. The first kappa shape index (κ1) is 42.6. The molecule has 312 valence electrons. The molecule has 6 heteroatoms. The van der Waals surface area contributed by atoms with E-state index in [-0.39, 0.29) is 30.4 Å². The first-order valence-electron chi connectivity index (χ1n) is 22.2. The van der Waals surface area contributed by atoms with Crippen LogP contribution in [0.25, 0.3) is 11.1 Å². The summed E-state index contributed by atoms with van der Waals surface area (Å²) in [6.45, 7) is 11.5. The SMILES string of the molecule is CC1=CCCC2(C)C(CCC2(O)CN(Cc2ccccc2)C(=O)OC2CC(C)CCC2C(C)C)c2ccc(cc2C(=O)c2ccc(-c3ccccc3)cc2)CC(O)CC1. The highest BCUT2D eigenvalue weighted by Crippen LogP contribution is 2.59. The fraction of sp³-hybridized carbons (Fsp3) is 0.472. The molecule has 7 atom stereocenters. The highest BCUT2D eigenvalue weighted by molar-refractivity contribution is 6.10. The number of carbonyl (C=O) groups excluding carboxylic acids is 2. The summed E-state index contributed by atoms with van der Waals surface area (Å²) in [5.74, 6) is 0.959. The second-order valence-corrected chi connectivity index (χ2v) is 18.8. The van der Waals surface area contributed by atoms with Crippen molar-refractivity contribution >= 4 is 11.9 Å². The Morgan fingerprint density at radius 2 is 1.56 bits per heavy atom. The Kier molecular flexibility index (Phi) is 13.3. The van der Waals surface area contributed by atoms with Gasteiger partial charge in [-0.25, -0.2) is 4.79 Å². The van der Waals surface area contributed by atoms with E-state index in [1.807, 2.05) is 78.9 Å². The molecular weight excluding hydrogens is 731 g/mol. The van der Waals surface area contributed by atoms with Gasteiger partial charge in [0.05, 0.1) is 18.2 Å². The van der Waals surface area contributed by atoms with Gasteiger partial charge in [-0.1, -0.05) is 143 Å². The Balaban J connectivity index is 1.26. The number of benzene rings is 4. The molecule has 7 unspecified atom stereocenters. The summed E-state index contributed by atoms with van der Waals surface area (Å²) < 4.78 is 6.51. The van der Waals surface area contributed by atoms with Gasteiger partial charge in [0.25, 0.3) is 0 Å². The number of carbonyl (C=O) groups is 2. The van der Waals surface area contributed by atoms with Gasteiger partial charge in [-0.3, -0.25) is 4.79 Å². The maximum atomic E-state index is 14.8. The van der Waals surface area contributed by atoms with Crippen molar-refractivity contribution in [2.75, 3.05) is 6.54 Å². The summed E-state index contributed by atoms with van der Waals surface area (Å²) in [6, 6.07) is 34.1. The molecule has 4 aromatic rings. The van der Waals surface area contributed by atoms with E-state index in [9.17, 15) is 19.8 Å². The van der Waals surface area contributed by atoms with Crippen LogP contribution in [0.4, 0.5) is 4.79 Å². The highest BCUT2D eigenvalue weighted by Gasteiger charge is 2.58. The number of nitrogens with zero attached hydrogens (tertiary/aromatic N) is 1. The number of ketones is 1. The van der Waals surface area contributed by atoms with E-state index in [0.29, 0.717) is 67.5 Å². The molecule has 4 aliphatic carbocycles. The van der Waals surface area contributed by atoms with Crippen molar-refractivity contribution in [3.63, 3.8) is 0 Å². The van der Waals surface area contributed by atoms with Crippen molar-refractivity contribution in [3.8, 4) is 11.1 Å². The van der Waals surface area contributed by atoms with Crippen LogP contribution in [-0.4, -0.2) is 51.3 Å². The van der Waals surface area contributed by atoms with Crippen molar-refractivity contribution in [2.24, 2.45) is 23.2 Å². The van der Waals surface area contributed by atoms with E-state index in [1.54, 1.807) is 4.90 Å². The van der Waals surface area contributed by atoms with Crippen molar-refractivity contribution < 1.29 is 24.5 Å². The first-order valence-corrected chi connectivity index (χ1v) is 22.2. The number of aliphatic hydroxyl groups excluding tert-OH is 1. The molecule has 0 spiro atoms. The molecule has 4 aromatic carbocycles. The molecule has 1 amide bonds. The summed E-state index contributed by atoms with van der Waals surface area (Å²) in [6.07, 6.45) is 8.64. The van der Waals surface area contributed by atoms with Gasteiger partial charge in [0, 0.05) is 23.1 Å². The zero-order valence-electron chi connectivity index (χ0n) is 35.9. The molecule has 0 heterocycles. The Morgan fingerprint density at radius 3 is 2.27 bits per heavy atom. The Labute approximate surface area is 352 Å². The van der Waals surface area contributed by atoms with Crippen LogP contribution >= 0.6 is 0 Å². The highest BCUT2D eigenvalue weighted by atomic mass is 16.6. The average molecular weight is 796 g/mol. The van der Waals surface area contributed by atoms with Crippen LogP contribution in [0, 0.1) is 23.2 Å². The number of fused-ring (bicyclic) bond motifs is 8. The van der Waals surface area contributed by atoms with Crippen LogP contribution < -0.4 is 0 Å². The summed E-state index contributed by atoms with van der Waals surface area (Å²) in [5, 5.41) is 24.4. The van der Waals surface area contributed by atoms with Gasteiger partial charge in [0.15, 0.2) is 5.78 Å². The van der Waals surface area contributed by atoms with E-state index in [4.69, 9.17) is 4.74 Å². The van der Waals surface area contributed by atoms with Crippen LogP contribution in [0.2, 0.25) is 0 Å². The normalized spacial score (nSPS) is 27.4. The number of aliphatic hydroxyl groups is 2. The third-order valence-electron chi connectivity index (χ3n) is 14.3. The van der Waals surface area contributed by atoms with E-state index < -0.39 is 17.1 Å². The van der Waals surface area contributed by atoms with E-state index >= 15 is 0 Å². The predicted octanol–water partition coefficient (Wildman–Crippen LogP) is 11.7. The molecule has 4 aliphatic rings. The maximum Gasteiger partial charge on any atom is 0.410 e. The fourth-order valence-corrected chi connectivity index (χ4v) is 10.6. The number of rotatable bonds is 9. The molecule has 8 rings (SSSR count). The van der Waals surface area contributed by atoms with Crippen LogP contribution in [0.1, 0.15) is 131 Å². The zero-order chi connectivity index (χ0) is 41.7. The van der Waals surface area contributed by atoms with Gasteiger partial charge in [0.2, 0.25) is 0 Å². The lowest BCUT2D eigenvalue weighted by Gasteiger charge is -2.46. The molecule has 0 saturated heterocycles. The van der Waals surface area contributed by atoms with Gasteiger partial charge in [-0.05, 0) is 122 Å². The van der Waals surface area contributed by atoms with Gasteiger partial charge in [-0.15, -0.1) is 0 Å². The Bertz CT molecular complexity index is 2080. The molecule has 2 N–H and O–H groups in total. The summed E-state index contributed by atoms with van der Waals surface area (Å²) >= 11 is 0. The third kappa shape index (κ3) is 9.60. The largest absolute Gasteiger partial charge is 0.446 e. The standard InChI is InChI=1S/C53H65NO5/c1-36(2)45-26-19-38(4)31-49(45)59-51(57)54(34-39-14-8-6-9-15-39)35-53(58)30-28-48-46-27-20-40(32-44(55)25-18-37(3)13-12-29-52(48,53)5)33-47(46)50(56)43-23-21-42(22-24-43)41-16-10-7-11-17-41/h6-11,13-17,20-24,27,33,36,38,44-45,48-49,55,58H,12,18-19,25-26,28-32,34-35H2,1-5H3. The minimum Gasteiger partial charge on any atom is -0.446 e. The summed E-state index contributed by atoms with van der Waals surface area (Å²) in [7, 11) is 0. The number of hydrogen-bond acceptors (Lipinski definition) is 5. The lowest BCUT2D eigenvalue weighted by Crippen LogP contribution is -2.54. The predicted molar refractivity (Wildman–Crippen MR) is 237 cm³/mol. The average Bonchev–Trinajstić information content (AvgIpc) is 3.48. The minimum atomic E-state index is -1.27. The van der Waals surface area contributed by atoms with E-state index in [2.05, 4.69) is 65.0 Å². The topological polar surface area (TPSA) is 87.1 Å².